The van der Waals surface area contributed by atoms with E-state index in [-0.39, 0.29) is 11.9 Å². The maximum Gasteiger partial charge on any atom is 0.239 e. The lowest BCUT2D eigenvalue weighted by Crippen LogP contribution is -2.53. The molecule has 0 bridgehead atoms. The van der Waals surface area contributed by atoms with Crippen molar-refractivity contribution < 1.29 is 4.79 Å². The van der Waals surface area contributed by atoms with E-state index in [1.54, 1.807) is 0 Å². The van der Waals surface area contributed by atoms with Crippen molar-refractivity contribution in [3.05, 3.63) is 17.6 Å². The standard InChI is InChI=1S/C17H27N5O/c1-12(2)16-19-13(3)11-15(20-16)21-7-9-22(10-8-21)17(23)14-5-4-6-18-14/h11-12,14,18H,4-10H2,1-3H3. The van der Waals surface area contributed by atoms with Gasteiger partial charge in [-0.25, -0.2) is 9.97 Å². The second kappa shape index (κ2) is 6.83. The van der Waals surface area contributed by atoms with Crippen molar-refractivity contribution in [1.82, 2.24) is 20.2 Å². The molecule has 3 heterocycles. The first-order chi connectivity index (χ1) is 11.0. The van der Waals surface area contributed by atoms with Crippen LogP contribution >= 0.6 is 0 Å². The Morgan fingerprint density at radius 3 is 2.61 bits per heavy atom. The molecule has 0 radical (unpaired) electrons. The molecule has 1 aromatic rings. The van der Waals surface area contributed by atoms with Gasteiger partial charge < -0.3 is 15.1 Å². The van der Waals surface area contributed by atoms with Crippen LogP contribution in [0.5, 0.6) is 0 Å². The number of carbonyl (C=O) groups excluding carboxylic acids is 1. The molecule has 2 fully saturated rings. The van der Waals surface area contributed by atoms with Gasteiger partial charge in [-0.1, -0.05) is 13.8 Å². The largest absolute Gasteiger partial charge is 0.353 e. The van der Waals surface area contributed by atoms with E-state index in [0.29, 0.717) is 5.92 Å². The SMILES string of the molecule is Cc1cc(N2CCN(C(=O)C3CCCN3)CC2)nc(C(C)C)n1. The Morgan fingerprint density at radius 2 is 2.00 bits per heavy atom. The van der Waals surface area contributed by atoms with Crippen molar-refractivity contribution >= 4 is 11.7 Å². The van der Waals surface area contributed by atoms with Crippen molar-refractivity contribution in [2.75, 3.05) is 37.6 Å². The van der Waals surface area contributed by atoms with Gasteiger partial charge in [0.2, 0.25) is 5.91 Å². The number of carbonyl (C=O) groups is 1. The van der Waals surface area contributed by atoms with E-state index in [1.807, 2.05) is 17.9 Å². The fourth-order valence-electron chi connectivity index (χ4n) is 3.27. The molecule has 2 aliphatic rings. The third-order valence-electron chi connectivity index (χ3n) is 4.65. The minimum atomic E-state index is 0.0374. The van der Waals surface area contributed by atoms with Crippen molar-refractivity contribution in [2.45, 2.75) is 45.6 Å². The Kier molecular flexibility index (Phi) is 4.80. The number of amides is 1. The third kappa shape index (κ3) is 3.63. The van der Waals surface area contributed by atoms with Gasteiger partial charge in [-0.05, 0) is 26.3 Å². The number of hydrogen-bond donors (Lipinski definition) is 1. The number of rotatable bonds is 3. The summed E-state index contributed by atoms with van der Waals surface area (Å²) in [5.41, 5.74) is 1.01. The number of aryl methyl sites for hydroxylation is 1. The number of nitrogens with zero attached hydrogens (tertiary/aromatic N) is 4. The highest BCUT2D eigenvalue weighted by atomic mass is 16.2. The molecular formula is C17H27N5O. The van der Waals surface area contributed by atoms with Crippen molar-refractivity contribution in [1.29, 1.82) is 0 Å². The lowest BCUT2D eigenvalue weighted by molar-refractivity contribution is -0.133. The first-order valence-electron chi connectivity index (χ1n) is 8.67. The van der Waals surface area contributed by atoms with Crippen molar-refractivity contribution in [3.63, 3.8) is 0 Å². The first kappa shape index (κ1) is 16.2. The highest BCUT2D eigenvalue weighted by Crippen LogP contribution is 2.19. The lowest BCUT2D eigenvalue weighted by atomic mass is 10.2. The predicted octanol–water partition coefficient (Wildman–Crippen LogP) is 1.31. The predicted molar refractivity (Wildman–Crippen MR) is 90.7 cm³/mol. The molecule has 1 aromatic heterocycles. The lowest BCUT2D eigenvalue weighted by Gasteiger charge is -2.36. The fourth-order valence-corrected chi connectivity index (χ4v) is 3.27. The highest BCUT2D eigenvalue weighted by Gasteiger charge is 2.29. The molecule has 6 heteroatoms. The zero-order valence-electron chi connectivity index (χ0n) is 14.4. The van der Waals surface area contributed by atoms with Gasteiger partial charge in [-0.15, -0.1) is 0 Å². The highest BCUT2D eigenvalue weighted by molar-refractivity contribution is 5.82. The third-order valence-corrected chi connectivity index (χ3v) is 4.65. The summed E-state index contributed by atoms with van der Waals surface area (Å²) < 4.78 is 0. The minimum absolute atomic E-state index is 0.0374. The zero-order valence-corrected chi connectivity index (χ0v) is 14.4. The summed E-state index contributed by atoms with van der Waals surface area (Å²) in [5.74, 6) is 2.48. The number of anilines is 1. The van der Waals surface area contributed by atoms with Crippen molar-refractivity contribution in [3.8, 4) is 0 Å². The summed E-state index contributed by atoms with van der Waals surface area (Å²) in [7, 11) is 0. The van der Waals surface area contributed by atoms with E-state index >= 15 is 0 Å². The molecule has 0 saturated carbocycles. The minimum Gasteiger partial charge on any atom is -0.353 e. The molecule has 0 spiro atoms. The molecule has 126 valence electrons. The van der Waals surface area contributed by atoms with Gasteiger partial charge in [0.1, 0.15) is 11.6 Å². The van der Waals surface area contributed by atoms with Gasteiger partial charge in [0.15, 0.2) is 0 Å². The van der Waals surface area contributed by atoms with Gasteiger partial charge in [-0.3, -0.25) is 4.79 Å². The smallest absolute Gasteiger partial charge is 0.239 e. The molecule has 1 amide bonds. The zero-order chi connectivity index (χ0) is 16.4. The summed E-state index contributed by atoms with van der Waals surface area (Å²) in [4.78, 5) is 25.9. The van der Waals surface area contributed by atoms with Crippen molar-refractivity contribution in [2.24, 2.45) is 0 Å². The van der Waals surface area contributed by atoms with E-state index in [2.05, 4.69) is 29.0 Å². The fraction of sp³-hybridized carbons (Fsp3) is 0.706. The molecule has 2 aliphatic heterocycles. The van der Waals surface area contributed by atoms with Crippen LogP contribution in [0.4, 0.5) is 5.82 Å². The van der Waals surface area contributed by atoms with Gasteiger partial charge in [0, 0.05) is 43.9 Å². The van der Waals surface area contributed by atoms with Gasteiger partial charge in [0.25, 0.3) is 0 Å². The molecule has 1 unspecified atom stereocenters. The van der Waals surface area contributed by atoms with Crippen LogP contribution in [-0.2, 0) is 4.79 Å². The maximum absolute atomic E-state index is 12.5. The Bertz CT molecular complexity index is 560. The maximum atomic E-state index is 12.5. The van der Waals surface area contributed by atoms with Crippen LogP contribution < -0.4 is 10.2 Å². The summed E-state index contributed by atoms with van der Waals surface area (Å²) in [6, 6.07) is 2.08. The Morgan fingerprint density at radius 1 is 1.26 bits per heavy atom. The number of hydrogen-bond acceptors (Lipinski definition) is 5. The number of aromatic nitrogens is 2. The molecular weight excluding hydrogens is 290 g/mol. The average molecular weight is 317 g/mol. The molecule has 1 atom stereocenters. The summed E-state index contributed by atoms with van der Waals surface area (Å²) in [6.07, 6.45) is 2.08. The second-order valence-electron chi connectivity index (χ2n) is 6.84. The first-order valence-corrected chi connectivity index (χ1v) is 8.67. The van der Waals surface area contributed by atoms with Crippen LogP contribution in [0.2, 0.25) is 0 Å². The normalized spacial score (nSPS) is 22.0. The van der Waals surface area contributed by atoms with Gasteiger partial charge in [-0.2, -0.15) is 0 Å². The summed E-state index contributed by atoms with van der Waals surface area (Å²) in [6.45, 7) is 10.4. The van der Waals surface area contributed by atoms with E-state index in [4.69, 9.17) is 4.98 Å². The van der Waals surface area contributed by atoms with E-state index in [9.17, 15) is 4.79 Å². The topological polar surface area (TPSA) is 61.4 Å². The Labute approximate surface area is 138 Å². The Hall–Kier alpha value is -1.69. The van der Waals surface area contributed by atoms with Crippen LogP contribution in [0.1, 0.15) is 44.1 Å². The van der Waals surface area contributed by atoms with Crippen LogP contribution in [0.3, 0.4) is 0 Å². The van der Waals surface area contributed by atoms with Gasteiger partial charge >= 0.3 is 0 Å². The number of nitrogens with one attached hydrogen (secondary N) is 1. The second-order valence-corrected chi connectivity index (χ2v) is 6.84. The van der Waals surface area contributed by atoms with Crippen LogP contribution in [0, 0.1) is 6.92 Å². The van der Waals surface area contributed by atoms with Crippen LogP contribution in [0.15, 0.2) is 6.07 Å². The molecule has 3 rings (SSSR count). The monoisotopic (exact) mass is 317 g/mol. The Balaban J connectivity index is 1.63. The van der Waals surface area contributed by atoms with E-state index < -0.39 is 0 Å². The summed E-state index contributed by atoms with van der Waals surface area (Å²) >= 11 is 0. The van der Waals surface area contributed by atoms with E-state index in [1.165, 1.54) is 0 Å². The quantitative estimate of drug-likeness (QED) is 0.911. The molecule has 2 saturated heterocycles. The average Bonchev–Trinajstić information content (AvgIpc) is 3.08. The summed E-state index contributed by atoms with van der Waals surface area (Å²) in [5, 5.41) is 3.30. The van der Waals surface area contributed by atoms with Gasteiger partial charge in [0.05, 0.1) is 6.04 Å². The molecule has 0 aromatic carbocycles. The van der Waals surface area contributed by atoms with Crippen LogP contribution in [0.25, 0.3) is 0 Å². The molecule has 6 nitrogen and oxygen atoms in total. The van der Waals surface area contributed by atoms with Crippen LogP contribution in [-0.4, -0.2) is 59.5 Å². The number of piperazine rings is 1. The molecule has 23 heavy (non-hydrogen) atoms. The molecule has 1 N–H and O–H groups in total. The van der Waals surface area contributed by atoms with E-state index in [0.717, 1.165) is 62.9 Å². The molecule has 0 aliphatic carbocycles.